The van der Waals surface area contributed by atoms with Gasteiger partial charge in [0.05, 0.1) is 6.61 Å². The Hall–Kier alpha value is 0.280. The Labute approximate surface area is 115 Å². The number of hydrogen-bond acceptors (Lipinski definition) is 6. The molecule has 6 heteroatoms. The normalized spacial score (nSPS) is 39.2. The lowest BCUT2D eigenvalue weighted by atomic mass is 10.1. The van der Waals surface area contributed by atoms with Crippen molar-refractivity contribution in [3.8, 4) is 0 Å². The summed E-state index contributed by atoms with van der Waals surface area (Å²) in [5.74, 6) is 1.66. The van der Waals surface area contributed by atoms with Crippen LogP contribution in [0.4, 0.5) is 0 Å². The van der Waals surface area contributed by atoms with E-state index in [9.17, 15) is 5.11 Å². The minimum atomic E-state index is -0.606. The third kappa shape index (κ3) is 2.34. The molecule has 4 nitrogen and oxygen atoms in total. The second kappa shape index (κ2) is 5.00. The van der Waals surface area contributed by atoms with E-state index in [2.05, 4.69) is 0 Å². The number of aliphatic hydroxyl groups excluding tert-OH is 1. The van der Waals surface area contributed by atoms with Crippen molar-refractivity contribution in [2.24, 2.45) is 0 Å². The average molecular weight is 290 g/mol. The summed E-state index contributed by atoms with van der Waals surface area (Å²) in [6, 6.07) is 0. The first kappa shape index (κ1) is 13.3. The van der Waals surface area contributed by atoms with Crippen LogP contribution in [0, 0.1) is 0 Å². The van der Waals surface area contributed by atoms with Crippen molar-refractivity contribution in [1.29, 1.82) is 0 Å². The molecule has 3 heterocycles. The smallest absolute Gasteiger partial charge is 0.192 e. The largest absolute Gasteiger partial charge is 0.393 e. The van der Waals surface area contributed by atoms with E-state index in [-0.39, 0.29) is 25.1 Å². The fraction of sp³-hybridized carbons (Fsp3) is 0.833. The summed E-state index contributed by atoms with van der Waals surface area (Å²) in [6.07, 6.45) is 0.422. The molecule has 0 aliphatic carbocycles. The van der Waals surface area contributed by atoms with Crippen molar-refractivity contribution >= 4 is 23.5 Å². The quantitative estimate of drug-likeness (QED) is 0.796. The molecule has 3 rings (SSSR count). The molecule has 0 saturated carbocycles. The number of fused-ring (bicyclic) bond motifs is 1. The molecule has 3 fully saturated rings. The van der Waals surface area contributed by atoms with E-state index in [1.807, 2.05) is 37.4 Å². The van der Waals surface area contributed by atoms with Gasteiger partial charge in [0.15, 0.2) is 12.1 Å². The van der Waals surface area contributed by atoms with E-state index < -0.39 is 5.79 Å². The maximum absolute atomic E-state index is 9.46. The molecule has 0 aromatic carbocycles. The maximum atomic E-state index is 9.46. The van der Waals surface area contributed by atoms with Gasteiger partial charge in [0, 0.05) is 9.81 Å². The van der Waals surface area contributed by atoms with Crippen molar-refractivity contribution in [3.63, 3.8) is 0 Å². The molecule has 3 saturated heterocycles. The molecule has 0 radical (unpaired) electrons. The van der Waals surface area contributed by atoms with Gasteiger partial charge in [-0.1, -0.05) is 0 Å². The zero-order chi connectivity index (χ0) is 12.8. The second-order valence-electron chi connectivity index (χ2n) is 5.03. The number of aliphatic hydroxyl groups is 1. The van der Waals surface area contributed by atoms with Crippen molar-refractivity contribution in [2.45, 2.75) is 44.6 Å². The minimum Gasteiger partial charge on any atom is -0.393 e. The summed E-state index contributed by atoms with van der Waals surface area (Å²) in [5, 5.41) is 9.46. The van der Waals surface area contributed by atoms with Gasteiger partial charge < -0.3 is 19.3 Å². The Bertz CT molecular complexity index is 361. The van der Waals surface area contributed by atoms with Gasteiger partial charge in [-0.25, -0.2) is 0 Å². The van der Waals surface area contributed by atoms with E-state index in [0.29, 0.717) is 0 Å². The van der Waals surface area contributed by atoms with Gasteiger partial charge >= 0.3 is 0 Å². The van der Waals surface area contributed by atoms with Gasteiger partial charge in [-0.2, -0.15) is 0 Å². The van der Waals surface area contributed by atoms with Crippen LogP contribution < -0.4 is 0 Å². The van der Waals surface area contributed by atoms with Crippen LogP contribution in [0.2, 0.25) is 0 Å². The van der Waals surface area contributed by atoms with Crippen LogP contribution in [-0.4, -0.2) is 47.5 Å². The summed E-state index contributed by atoms with van der Waals surface area (Å²) >= 11 is 3.69. The number of hydrogen-bond donors (Lipinski definition) is 1. The Kier molecular flexibility index (Phi) is 3.68. The first-order chi connectivity index (χ1) is 8.61. The predicted molar refractivity (Wildman–Crippen MR) is 72.3 cm³/mol. The van der Waals surface area contributed by atoms with E-state index >= 15 is 0 Å². The van der Waals surface area contributed by atoms with Crippen LogP contribution in [0.5, 0.6) is 0 Å². The molecule has 1 N–H and O–H groups in total. The average Bonchev–Trinajstić information content (AvgIpc) is 2.81. The highest BCUT2D eigenvalue weighted by atomic mass is 32.2. The second-order valence-corrected chi connectivity index (χ2v) is 7.49. The molecular formula is C12H18O4S2. The molecule has 3 aliphatic rings. The topological polar surface area (TPSA) is 47.9 Å². The fourth-order valence-corrected chi connectivity index (χ4v) is 5.24. The van der Waals surface area contributed by atoms with Gasteiger partial charge in [0.2, 0.25) is 0 Å². The van der Waals surface area contributed by atoms with Crippen molar-refractivity contribution in [3.05, 3.63) is 9.81 Å². The summed E-state index contributed by atoms with van der Waals surface area (Å²) in [7, 11) is 0. The van der Waals surface area contributed by atoms with Crippen LogP contribution in [0.3, 0.4) is 0 Å². The van der Waals surface area contributed by atoms with Crippen molar-refractivity contribution < 1.29 is 19.3 Å². The molecule has 0 aromatic rings. The summed E-state index contributed by atoms with van der Waals surface area (Å²) in [5.41, 5.74) is 1.09. The lowest BCUT2D eigenvalue weighted by Gasteiger charge is -2.23. The molecule has 102 valence electrons. The summed E-state index contributed by atoms with van der Waals surface area (Å²) in [6.45, 7) is 3.78. The van der Waals surface area contributed by atoms with Crippen LogP contribution in [0.25, 0.3) is 0 Å². The SMILES string of the molecule is CC1(C)O[C@H]2O[C@H](CO)C(=C3SCCCS3)[C@H]2O1. The minimum absolute atomic E-state index is 0.0138. The highest BCUT2D eigenvalue weighted by Gasteiger charge is 2.52. The van der Waals surface area contributed by atoms with Crippen LogP contribution in [-0.2, 0) is 14.2 Å². The Morgan fingerprint density at radius 1 is 1.28 bits per heavy atom. The first-order valence-electron chi connectivity index (χ1n) is 6.22. The van der Waals surface area contributed by atoms with Crippen molar-refractivity contribution in [1.82, 2.24) is 0 Å². The van der Waals surface area contributed by atoms with Crippen LogP contribution in [0.1, 0.15) is 20.3 Å². The van der Waals surface area contributed by atoms with Gasteiger partial charge in [-0.15, -0.1) is 23.5 Å². The zero-order valence-electron chi connectivity index (χ0n) is 10.5. The van der Waals surface area contributed by atoms with Crippen molar-refractivity contribution in [2.75, 3.05) is 18.1 Å². The lowest BCUT2D eigenvalue weighted by molar-refractivity contribution is -0.202. The summed E-state index contributed by atoms with van der Waals surface area (Å²) in [4.78, 5) is 0. The zero-order valence-corrected chi connectivity index (χ0v) is 12.2. The molecule has 0 bridgehead atoms. The molecular weight excluding hydrogens is 272 g/mol. The highest BCUT2D eigenvalue weighted by Crippen LogP contribution is 2.47. The molecule has 0 aromatic heterocycles. The van der Waals surface area contributed by atoms with Gasteiger partial charge in [0.25, 0.3) is 0 Å². The maximum Gasteiger partial charge on any atom is 0.192 e. The van der Waals surface area contributed by atoms with Gasteiger partial charge in [-0.05, 0) is 31.8 Å². The Morgan fingerprint density at radius 3 is 2.67 bits per heavy atom. The van der Waals surface area contributed by atoms with Gasteiger partial charge in [0.1, 0.15) is 12.2 Å². The molecule has 3 atom stereocenters. The summed E-state index contributed by atoms with van der Waals surface area (Å²) < 4.78 is 18.7. The molecule has 0 amide bonds. The number of thioether (sulfide) groups is 2. The highest BCUT2D eigenvalue weighted by molar-refractivity contribution is 8.22. The van der Waals surface area contributed by atoms with E-state index in [4.69, 9.17) is 14.2 Å². The lowest BCUT2D eigenvalue weighted by Crippen LogP contribution is -2.27. The van der Waals surface area contributed by atoms with E-state index in [1.54, 1.807) is 0 Å². The molecule has 18 heavy (non-hydrogen) atoms. The van der Waals surface area contributed by atoms with E-state index in [1.165, 1.54) is 10.7 Å². The third-order valence-corrected chi connectivity index (χ3v) is 5.85. The fourth-order valence-electron chi connectivity index (χ4n) is 2.44. The molecule has 0 spiro atoms. The Balaban J connectivity index is 1.89. The molecule has 3 aliphatic heterocycles. The molecule has 0 unspecified atom stereocenters. The monoisotopic (exact) mass is 290 g/mol. The van der Waals surface area contributed by atoms with Crippen LogP contribution >= 0.6 is 23.5 Å². The number of ether oxygens (including phenoxy) is 3. The predicted octanol–water partition coefficient (Wildman–Crippen LogP) is 1.94. The van der Waals surface area contributed by atoms with Gasteiger partial charge in [-0.3, -0.25) is 0 Å². The third-order valence-electron chi connectivity index (χ3n) is 3.17. The standard InChI is InChI=1S/C12H18O4S2/c1-12(2)15-9-8(11-17-4-3-5-18-11)7(6-13)14-10(9)16-12/h7,9-10,13H,3-6H2,1-2H3/t7-,9-,10-/m1/s1. The first-order valence-corrected chi connectivity index (χ1v) is 8.19. The van der Waals surface area contributed by atoms with Crippen LogP contribution in [0.15, 0.2) is 9.81 Å². The number of rotatable bonds is 1. The van der Waals surface area contributed by atoms with E-state index in [0.717, 1.165) is 17.1 Å². The Morgan fingerprint density at radius 2 is 2.00 bits per heavy atom.